The minimum Gasteiger partial charge on any atom is -0.207 e. The summed E-state index contributed by atoms with van der Waals surface area (Å²) < 4.78 is 31.7. The van der Waals surface area contributed by atoms with E-state index in [0.717, 1.165) is 26.0 Å². The molecular formula is C123H74BrClFIS6. The van der Waals surface area contributed by atoms with E-state index in [9.17, 15) is 4.39 Å². The van der Waals surface area contributed by atoms with Gasteiger partial charge < -0.3 is 0 Å². The zero-order valence-electron chi connectivity index (χ0n) is 71.8. The second kappa shape index (κ2) is 33.7. The number of aryl methyl sites for hydroxylation is 2. The van der Waals surface area contributed by atoms with E-state index in [0.29, 0.717) is 0 Å². The van der Waals surface area contributed by atoms with Gasteiger partial charge in [-0.3, -0.25) is 0 Å². The van der Waals surface area contributed by atoms with Crippen LogP contribution >= 0.6 is 118 Å². The van der Waals surface area contributed by atoms with Gasteiger partial charge in [-0.15, -0.1) is 68.0 Å². The molecule has 133 heavy (non-hydrogen) atoms. The van der Waals surface area contributed by atoms with Crippen LogP contribution in [0.1, 0.15) is 18.1 Å². The van der Waals surface area contributed by atoms with Crippen molar-refractivity contribution in [1.29, 1.82) is 0 Å². The van der Waals surface area contributed by atoms with Crippen molar-refractivity contribution in [2.75, 3.05) is 0 Å². The largest absolute Gasteiger partial charge is 0.207 e. The van der Waals surface area contributed by atoms with E-state index in [1.165, 1.54) is 255 Å². The van der Waals surface area contributed by atoms with Crippen LogP contribution in [0.4, 0.5) is 4.39 Å². The Morgan fingerprint density at radius 2 is 0.481 bits per heavy atom. The van der Waals surface area contributed by atoms with Gasteiger partial charge in [-0.05, 0) is 352 Å². The minimum absolute atomic E-state index is 0.172. The summed E-state index contributed by atoms with van der Waals surface area (Å²) in [5, 5.41) is 48.3. The molecule has 0 atom stereocenters. The van der Waals surface area contributed by atoms with Crippen LogP contribution in [-0.2, 0) is 6.42 Å². The molecule has 0 N–H and O–H groups in total. The fourth-order valence-corrected chi connectivity index (χ4v) is 28.5. The molecule has 24 aromatic carbocycles. The number of benzene rings is 24. The summed E-state index contributed by atoms with van der Waals surface area (Å²) in [6.45, 7) is 4.38. The van der Waals surface area contributed by atoms with Crippen molar-refractivity contribution in [3.63, 3.8) is 0 Å². The highest BCUT2D eigenvalue weighted by Gasteiger charge is 2.19. The molecule has 0 amide bonds. The molecule has 6 aromatic heterocycles. The topological polar surface area (TPSA) is 0 Å². The van der Waals surface area contributed by atoms with E-state index in [1.54, 1.807) is 23.5 Å². The van der Waals surface area contributed by atoms with Crippen molar-refractivity contribution in [1.82, 2.24) is 0 Å². The summed E-state index contributed by atoms with van der Waals surface area (Å²) in [7, 11) is 0. The first-order valence-electron chi connectivity index (χ1n) is 44.6. The molecule has 30 rings (SSSR count). The highest BCUT2D eigenvalue weighted by molar-refractivity contribution is 14.1. The molecule has 0 aliphatic heterocycles. The molecule has 0 aliphatic rings. The third-order valence-corrected chi connectivity index (χ3v) is 34.5. The molecule has 6 heterocycles. The lowest BCUT2D eigenvalue weighted by molar-refractivity contribution is 0.630. The first-order chi connectivity index (χ1) is 65.3. The zero-order valence-corrected chi connectivity index (χ0v) is 81.2. The Balaban J connectivity index is 0.0000000855. The van der Waals surface area contributed by atoms with Crippen LogP contribution in [0.25, 0.3) is 250 Å². The fraction of sp³-hybridized carbons (Fsp3) is 0.0244. The molecule has 0 radical (unpaired) electrons. The predicted molar refractivity (Wildman–Crippen MR) is 606 cm³/mol. The Kier molecular flexibility index (Phi) is 20.8. The summed E-state index contributed by atoms with van der Waals surface area (Å²) in [6.07, 6.45) is 1.09. The predicted octanol–water partition coefficient (Wildman–Crippen LogP) is 41.2. The quantitative estimate of drug-likeness (QED) is 0.114. The van der Waals surface area contributed by atoms with Gasteiger partial charge in [0.2, 0.25) is 0 Å². The van der Waals surface area contributed by atoms with E-state index in [2.05, 4.69) is 428 Å². The third-order valence-electron chi connectivity index (χ3n) is 26.4. The van der Waals surface area contributed by atoms with Gasteiger partial charge in [-0.25, -0.2) is 4.39 Å². The van der Waals surface area contributed by atoms with Crippen LogP contribution in [0.3, 0.4) is 0 Å². The number of hydrogen-bond donors (Lipinski definition) is 0. The van der Waals surface area contributed by atoms with Gasteiger partial charge in [-0.1, -0.05) is 259 Å². The second-order valence-corrected chi connectivity index (χ2v) is 43.6. The molecular weight excluding hydrogens is 1930 g/mol. The average Bonchev–Trinajstić information content (AvgIpc) is 1.64. The van der Waals surface area contributed by atoms with Crippen molar-refractivity contribution in [2.24, 2.45) is 0 Å². The number of halogens is 4. The molecule has 0 fully saturated rings. The Morgan fingerprint density at radius 3 is 0.812 bits per heavy atom. The van der Waals surface area contributed by atoms with Crippen molar-refractivity contribution < 1.29 is 4.39 Å². The number of fused-ring (bicyclic) bond motifs is 36. The van der Waals surface area contributed by atoms with Crippen LogP contribution in [0.15, 0.2) is 405 Å². The molecule has 630 valence electrons. The summed E-state index contributed by atoms with van der Waals surface area (Å²) in [5.41, 5.74) is 2.74. The van der Waals surface area contributed by atoms with Crippen LogP contribution in [0.5, 0.6) is 0 Å². The molecule has 0 nitrogen and oxygen atoms in total. The van der Waals surface area contributed by atoms with Gasteiger partial charge in [0, 0.05) is 134 Å². The van der Waals surface area contributed by atoms with Crippen LogP contribution in [-0.4, -0.2) is 0 Å². The summed E-state index contributed by atoms with van der Waals surface area (Å²) in [6, 6.07) is 144. The normalized spacial score (nSPS) is 11.9. The Bertz CT molecular complexity index is 8980. The number of thiophene rings is 6. The Labute approximate surface area is 815 Å². The van der Waals surface area contributed by atoms with E-state index >= 15 is 0 Å². The first kappa shape index (κ1) is 82.1. The maximum absolute atomic E-state index is 13.5. The lowest BCUT2D eigenvalue weighted by Crippen LogP contribution is -1.79. The molecule has 0 aliphatic carbocycles. The van der Waals surface area contributed by atoms with Crippen LogP contribution < -0.4 is 0 Å². The van der Waals surface area contributed by atoms with Crippen LogP contribution in [0.2, 0.25) is 5.02 Å². The van der Waals surface area contributed by atoms with Gasteiger partial charge in [0.25, 0.3) is 0 Å². The third kappa shape index (κ3) is 14.9. The van der Waals surface area contributed by atoms with Crippen LogP contribution in [0, 0.1) is 16.3 Å². The monoisotopic (exact) mass is 2000 g/mol. The fourth-order valence-electron chi connectivity index (χ4n) is 20.0. The zero-order chi connectivity index (χ0) is 88.8. The van der Waals surface area contributed by atoms with E-state index in [-0.39, 0.29) is 5.82 Å². The van der Waals surface area contributed by atoms with Crippen molar-refractivity contribution >= 4 is 368 Å². The lowest BCUT2D eigenvalue weighted by Gasteiger charge is -2.04. The number of hydrogen-bond acceptors (Lipinski definition) is 6. The van der Waals surface area contributed by atoms with Crippen molar-refractivity contribution in [3.05, 3.63) is 430 Å². The minimum atomic E-state index is -0.172. The van der Waals surface area contributed by atoms with Crippen molar-refractivity contribution in [3.8, 4) is 0 Å². The Hall–Kier alpha value is -12.9. The Morgan fingerprint density at radius 1 is 0.226 bits per heavy atom. The molecule has 0 saturated heterocycles. The number of rotatable bonds is 1. The summed E-state index contributed by atoms with van der Waals surface area (Å²) in [4.78, 5) is 0. The second-order valence-electron chi connectivity index (χ2n) is 34.5. The molecule has 0 saturated carbocycles. The molecule has 0 unspecified atom stereocenters. The van der Waals surface area contributed by atoms with Gasteiger partial charge in [0.1, 0.15) is 5.82 Å². The van der Waals surface area contributed by atoms with Gasteiger partial charge in [0.05, 0.1) is 0 Å². The maximum Gasteiger partial charge on any atom is 0.124 e. The highest BCUT2D eigenvalue weighted by atomic mass is 127. The molecule has 10 heteroatoms. The smallest absolute Gasteiger partial charge is 0.124 e. The summed E-state index contributed by atoms with van der Waals surface area (Å²) >= 11 is 23.1. The van der Waals surface area contributed by atoms with Gasteiger partial charge >= 0.3 is 0 Å². The summed E-state index contributed by atoms with van der Waals surface area (Å²) in [5.74, 6) is -0.172. The molecule has 0 spiro atoms. The van der Waals surface area contributed by atoms with E-state index < -0.39 is 0 Å². The van der Waals surface area contributed by atoms with Gasteiger partial charge in [0.15, 0.2) is 0 Å². The molecule has 30 aromatic rings. The SMILES string of the molecule is Brc1ccc2c(c1)sc1ccc3cc4ccccc4cc3c12.CCc1ccc2c(c1)sc1ccc3cc4ccccc4cc3c12.Cc1ccc2c(c1)sc1ccc3cc4ccccc4cc3c12.Clc1ccc2c(c1)sc1ccc3cc4ccccc4cc3c12.Fc1ccc2c(c1)sc1ccc3cc4ccccc4cc3c12.Ic1ccc2c(c1)sc1ccc3cc4ccccc4cc3c12. The molecule has 0 bridgehead atoms. The lowest BCUT2D eigenvalue weighted by atomic mass is 9.99. The van der Waals surface area contributed by atoms with Gasteiger partial charge in [-0.2, -0.15) is 0 Å². The van der Waals surface area contributed by atoms with E-state index in [1.807, 2.05) is 68.8 Å². The standard InChI is InChI=1S/C22H16S.C21H14S.C20H11BrS.C20H11ClS.C20H11FS.C20H11IS/c1-2-14-7-9-18-21(11-14)23-20-10-8-17-12-15-5-3-4-6-16(15)13-19(17)22(18)20;1-13-6-8-17-20(10-13)22-19-9-7-16-11-14-4-2-3-5-15(14)12-18(16)21(17)19;4*21-15-6-7-16-19(11-15)22-18-8-5-14-9-12-3-1-2-4-13(12)10-17(14)20(16)18/h3-13H,2H2,1H3;2-12H,1H3;4*1-11H. The van der Waals surface area contributed by atoms with E-state index in [4.69, 9.17) is 11.6 Å². The van der Waals surface area contributed by atoms with Crippen molar-refractivity contribution in [2.45, 2.75) is 20.3 Å². The maximum atomic E-state index is 13.5. The highest BCUT2D eigenvalue weighted by Crippen LogP contribution is 2.48. The first-order valence-corrected chi connectivity index (χ1v) is 51.7. The average molecular weight is 2010 g/mol.